The molecule has 0 aromatic heterocycles. The van der Waals surface area contributed by atoms with Crippen LogP contribution in [0.15, 0.2) is 72.8 Å². The maximum atomic E-state index is 8.53. The van der Waals surface area contributed by atoms with Crippen LogP contribution in [0.25, 0.3) is 33.4 Å². The van der Waals surface area contributed by atoms with Crippen molar-refractivity contribution in [3.05, 3.63) is 156 Å². The van der Waals surface area contributed by atoms with Crippen LogP contribution in [0.1, 0.15) is 83.5 Å². The van der Waals surface area contributed by atoms with Crippen LogP contribution in [-0.4, -0.2) is 7.38 Å². The van der Waals surface area contributed by atoms with Gasteiger partial charge < -0.3 is 0 Å². The van der Waals surface area contributed by atoms with E-state index in [0.717, 1.165) is 0 Å². The molecule has 0 amide bonds. The van der Waals surface area contributed by atoms with E-state index in [1.54, 1.807) is 0 Å². The van der Waals surface area contributed by atoms with Crippen molar-refractivity contribution < 1.29 is 0 Å². The maximum absolute atomic E-state index is 8.53. The molecule has 6 aromatic carbocycles. The van der Waals surface area contributed by atoms with Crippen molar-refractivity contribution >= 4 is 34.0 Å². The quantitative estimate of drug-likeness (QED) is 0.0908. The molecule has 0 spiro atoms. The standard InChI is InChI=1S/C51H57ClSi/c1-28-31(4)37(10)49(38(11)32(28)5)43-19-16-22-46(25-43)53(52,47-23-17-20-44(26-47)50-39(12)33(6)29(2)34(7)40(50)13)48-24-18-21-45(27-48)51-41(14)35(8)30(3)36(9)42(51)15/h16-27H,1-15H3. The summed E-state index contributed by atoms with van der Waals surface area (Å²) in [7, 11) is -3.12. The first-order chi connectivity index (χ1) is 24.9. The first-order valence-electron chi connectivity index (χ1n) is 19.2. The summed E-state index contributed by atoms with van der Waals surface area (Å²) in [6.45, 7) is 34.0. The highest BCUT2D eigenvalue weighted by Gasteiger charge is 2.39. The normalized spacial score (nSPS) is 11.8. The van der Waals surface area contributed by atoms with Crippen LogP contribution < -0.4 is 15.6 Å². The predicted molar refractivity (Wildman–Crippen MR) is 237 cm³/mol. The Morgan fingerprint density at radius 3 is 0.679 bits per heavy atom. The zero-order chi connectivity index (χ0) is 38.8. The van der Waals surface area contributed by atoms with Crippen molar-refractivity contribution in [1.82, 2.24) is 0 Å². The number of hydrogen-bond donors (Lipinski definition) is 0. The van der Waals surface area contributed by atoms with Crippen LogP contribution >= 0.6 is 11.1 Å². The second kappa shape index (κ2) is 14.2. The van der Waals surface area contributed by atoms with Crippen LogP contribution in [-0.2, 0) is 0 Å². The summed E-state index contributed by atoms with van der Waals surface area (Å²) in [4.78, 5) is 0. The van der Waals surface area contributed by atoms with Gasteiger partial charge in [-0.1, -0.05) is 72.8 Å². The Kier molecular flexibility index (Phi) is 10.4. The molecular formula is C51H57ClSi. The third-order valence-corrected chi connectivity index (χ3v) is 18.9. The topological polar surface area (TPSA) is 0 Å². The zero-order valence-electron chi connectivity index (χ0n) is 34.8. The van der Waals surface area contributed by atoms with Gasteiger partial charge in [-0.05, 0) is 236 Å². The molecule has 2 heteroatoms. The lowest BCUT2D eigenvalue weighted by Crippen LogP contribution is -2.63. The number of rotatable bonds is 6. The fourth-order valence-electron chi connectivity index (χ4n) is 8.97. The highest BCUT2D eigenvalue weighted by Crippen LogP contribution is 2.37. The molecule has 0 unspecified atom stereocenters. The SMILES string of the molecule is Cc1c(C)c(C)c(-c2cccc([Si](Cl)(c3cccc(-c4c(C)c(C)c(C)c(C)c4C)c3)c3cccc(-c4c(C)c(C)c(C)c(C)c4C)c3)c2)c(C)c1C. The first kappa shape index (κ1) is 38.5. The minimum atomic E-state index is -3.12. The van der Waals surface area contributed by atoms with E-state index in [-0.39, 0.29) is 0 Å². The molecule has 0 atom stereocenters. The maximum Gasteiger partial charge on any atom is 0.248 e. The third kappa shape index (κ3) is 6.15. The van der Waals surface area contributed by atoms with E-state index in [0.29, 0.717) is 0 Å². The van der Waals surface area contributed by atoms with Gasteiger partial charge in [0.25, 0.3) is 0 Å². The molecule has 6 rings (SSSR count). The van der Waals surface area contributed by atoms with Crippen LogP contribution in [0.2, 0.25) is 0 Å². The molecule has 272 valence electrons. The Morgan fingerprint density at radius 1 is 0.283 bits per heavy atom. The second-order valence-corrected chi connectivity index (χ2v) is 20.7. The Bertz CT molecular complexity index is 2100. The fourth-order valence-corrected chi connectivity index (χ4v) is 13.1. The molecule has 0 nitrogen and oxygen atoms in total. The molecule has 0 bridgehead atoms. The second-order valence-electron chi connectivity index (χ2n) is 15.9. The fraction of sp³-hybridized carbons (Fsp3) is 0.294. The molecule has 0 N–H and O–H groups in total. The lowest BCUT2D eigenvalue weighted by Gasteiger charge is -2.29. The molecule has 0 fully saturated rings. The molecule has 0 saturated heterocycles. The first-order valence-corrected chi connectivity index (χ1v) is 22.2. The van der Waals surface area contributed by atoms with Gasteiger partial charge in [-0.15, -0.1) is 11.1 Å². The lowest BCUT2D eigenvalue weighted by molar-refractivity contribution is 1.18. The van der Waals surface area contributed by atoms with Gasteiger partial charge in [-0.25, -0.2) is 0 Å². The van der Waals surface area contributed by atoms with Gasteiger partial charge in [-0.2, -0.15) is 0 Å². The molecule has 0 radical (unpaired) electrons. The van der Waals surface area contributed by atoms with Gasteiger partial charge >= 0.3 is 0 Å². The summed E-state index contributed by atoms with van der Waals surface area (Å²) in [5, 5.41) is 3.61. The van der Waals surface area contributed by atoms with Crippen LogP contribution in [0, 0.1) is 104 Å². The molecule has 0 aliphatic carbocycles. The Morgan fingerprint density at radius 2 is 0.472 bits per heavy atom. The van der Waals surface area contributed by atoms with E-state index in [1.807, 2.05) is 0 Å². The monoisotopic (exact) mass is 732 g/mol. The average Bonchev–Trinajstić information content (AvgIpc) is 3.16. The average molecular weight is 734 g/mol. The third-order valence-electron chi connectivity index (χ3n) is 13.6. The molecule has 0 heterocycles. The minimum Gasteiger partial charge on any atom is -0.149 e. The summed E-state index contributed by atoms with van der Waals surface area (Å²) in [5.41, 5.74) is 28.1. The van der Waals surface area contributed by atoms with E-state index in [2.05, 4.69) is 177 Å². The Balaban J connectivity index is 1.67. The van der Waals surface area contributed by atoms with Crippen molar-refractivity contribution in [3.63, 3.8) is 0 Å². The highest BCUT2D eigenvalue weighted by molar-refractivity contribution is 7.40. The summed E-state index contributed by atoms with van der Waals surface area (Å²) in [6, 6.07) is 27.6. The van der Waals surface area contributed by atoms with Crippen molar-refractivity contribution in [1.29, 1.82) is 0 Å². The van der Waals surface area contributed by atoms with E-state index < -0.39 is 7.38 Å². The summed E-state index contributed by atoms with van der Waals surface area (Å²) < 4.78 is 0. The lowest BCUT2D eigenvalue weighted by atomic mass is 9.86. The molecule has 53 heavy (non-hydrogen) atoms. The van der Waals surface area contributed by atoms with Gasteiger partial charge in [0.1, 0.15) is 0 Å². The molecule has 6 aromatic rings. The van der Waals surface area contributed by atoms with E-state index in [9.17, 15) is 0 Å². The Hall–Kier alpha value is -4.17. The van der Waals surface area contributed by atoms with E-state index in [4.69, 9.17) is 11.1 Å². The van der Waals surface area contributed by atoms with Crippen LogP contribution in [0.5, 0.6) is 0 Å². The summed E-state index contributed by atoms with van der Waals surface area (Å²) in [6.07, 6.45) is 0. The molecule has 0 saturated carbocycles. The largest absolute Gasteiger partial charge is 0.248 e. The molecule has 0 aliphatic heterocycles. The minimum absolute atomic E-state index is 1.20. The van der Waals surface area contributed by atoms with Gasteiger partial charge in [0.05, 0.1) is 0 Å². The van der Waals surface area contributed by atoms with E-state index in [1.165, 1.54) is 132 Å². The van der Waals surface area contributed by atoms with Crippen LogP contribution in [0.4, 0.5) is 0 Å². The predicted octanol–water partition coefficient (Wildman–Crippen LogP) is 12.5. The van der Waals surface area contributed by atoms with E-state index >= 15 is 0 Å². The van der Waals surface area contributed by atoms with Crippen LogP contribution in [0.3, 0.4) is 0 Å². The smallest absolute Gasteiger partial charge is 0.149 e. The van der Waals surface area contributed by atoms with Gasteiger partial charge in [0.15, 0.2) is 0 Å². The summed E-state index contributed by atoms with van der Waals surface area (Å²) in [5.74, 6) is 0. The van der Waals surface area contributed by atoms with Crippen molar-refractivity contribution in [2.75, 3.05) is 0 Å². The van der Waals surface area contributed by atoms with Crippen molar-refractivity contribution in [3.8, 4) is 33.4 Å². The van der Waals surface area contributed by atoms with Gasteiger partial charge in [0, 0.05) is 0 Å². The van der Waals surface area contributed by atoms with Crippen molar-refractivity contribution in [2.45, 2.75) is 104 Å². The molecular weight excluding hydrogens is 676 g/mol. The zero-order valence-corrected chi connectivity index (χ0v) is 36.6. The summed E-state index contributed by atoms with van der Waals surface area (Å²) >= 11 is 8.53. The Labute approximate surface area is 326 Å². The molecule has 0 aliphatic rings. The van der Waals surface area contributed by atoms with Crippen molar-refractivity contribution in [2.24, 2.45) is 0 Å². The number of halogens is 1. The number of benzene rings is 6. The van der Waals surface area contributed by atoms with Gasteiger partial charge in [0.2, 0.25) is 7.38 Å². The highest BCUT2D eigenvalue weighted by atomic mass is 35.6. The van der Waals surface area contributed by atoms with Gasteiger partial charge in [-0.3, -0.25) is 0 Å². The number of hydrogen-bond acceptors (Lipinski definition) is 0.